The summed E-state index contributed by atoms with van der Waals surface area (Å²) in [5.74, 6) is 1.05. The van der Waals surface area contributed by atoms with E-state index < -0.39 is 0 Å². The van der Waals surface area contributed by atoms with Crippen LogP contribution in [0.25, 0.3) is 0 Å². The highest BCUT2D eigenvalue weighted by Gasteiger charge is 2.02. The van der Waals surface area contributed by atoms with E-state index in [1.807, 2.05) is 18.3 Å². The van der Waals surface area contributed by atoms with E-state index in [-0.39, 0.29) is 5.91 Å². The first kappa shape index (κ1) is 13.3. The number of carbonyl (C=O) groups is 1. The summed E-state index contributed by atoms with van der Waals surface area (Å²) < 4.78 is 0. The Labute approximate surface area is 112 Å². The van der Waals surface area contributed by atoms with Gasteiger partial charge in [-0.25, -0.2) is 4.98 Å². The molecule has 2 heterocycles. The van der Waals surface area contributed by atoms with Crippen LogP contribution in [-0.2, 0) is 17.6 Å². The fraction of sp³-hybridized carbons (Fsp3) is 0.357. The number of aromatic amines is 1. The van der Waals surface area contributed by atoms with Crippen LogP contribution in [0.3, 0.4) is 0 Å². The zero-order valence-corrected chi connectivity index (χ0v) is 10.8. The number of aromatic nitrogens is 3. The molecule has 0 aliphatic carbocycles. The van der Waals surface area contributed by atoms with Crippen LogP contribution >= 0.6 is 0 Å². The number of rotatable bonds is 7. The zero-order valence-electron chi connectivity index (χ0n) is 10.8. The van der Waals surface area contributed by atoms with Gasteiger partial charge in [0.1, 0.15) is 5.82 Å². The van der Waals surface area contributed by atoms with E-state index in [1.165, 1.54) is 0 Å². The minimum atomic E-state index is 0.0864. The second-order valence-electron chi connectivity index (χ2n) is 4.35. The van der Waals surface area contributed by atoms with E-state index in [4.69, 9.17) is 0 Å². The maximum Gasteiger partial charge on any atom is 0.220 e. The monoisotopic (exact) mass is 258 g/mol. The van der Waals surface area contributed by atoms with Crippen molar-refractivity contribution >= 4 is 5.91 Å². The molecule has 2 aromatic rings. The zero-order chi connectivity index (χ0) is 13.3. The molecule has 0 unspecified atom stereocenters. The lowest BCUT2D eigenvalue weighted by atomic mass is 10.1. The molecule has 0 saturated carbocycles. The number of carbonyl (C=O) groups excluding carboxylic acids is 1. The summed E-state index contributed by atoms with van der Waals surface area (Å²) in [7, 11) is 0. The average Bonchev–Trinajstić information content (AvgIpc) is 2.96. The molecule has 2 N–H and O–H groups in total. The molecule has 0 aliphatic rings. The van der Waals surface area contributed by atoms with Crippen LogP contribution in [0.1, 0.15) is 24.2 Å². The smallest absolute Gasteiger partial charge is 0.220 e. The number of imidazole rings is 1. The molecule has 0 spiro atoms. The predicted molar refractivity (Wildman–Crippen MR) is 72.5 cm³/mol. The standard InChI is InChI=1S/C14H18N4O/c19-14(6-5-12-3-1-7-15-11-12)18-8-2-4-13-16-9-10-17-13/h1,3,7,9-11H,2,4-6,8H2,(H,16,17)(H,18,19). The van der Waals surface area contributed by atoms with Crippen molar-refractivity contribution in [3.63, 3.8) is 0 Å². The molecular formula is C14H18N4O. The van der Waals surface area contributed by atoms with Crippen LogP contribution in [-0.4, -0.2) is 27.4 Å². The van der Waals surface area contributed by atoms with Gasteiger partial charge in [0.15, 0.2) is 0 Å². The second kappa shape index (κ2) is 7.31. The number of hydrogen-bond donors (Lipinski definition) is 2. The molecule has 0 aliphatic heterocycles. The van der Waals surface area contributed by atoms with Crippen molar-refractivity contribution in [1.29, 1.82) is 0 Å². The molecule has 0 saturated heterocycles. The first-order valence-corrected chi connectivity index (χ1v) is 6.48. The Kier molecular flexibility index (Phi) is 5.10. The highest BCUT2D eigenvalue weighted by Crippen LogP contribution is 2.00. The highest BCUT2D eigenvalue weighted by molar-refractivity contribution is 5.76. The predicted octanol–water partition coefficient (Wildman–Crippen LogP) is 1.49. The number of nitrogens with one attached hydrogen (secondary N) is 2. The largest absolute Gasteiger partial charge is 0.356 e. The van der Waals surface area contributed by atoms with Gasteiger partial charge >= 0.3 is 0 Å². The van der Waals surface area contributed by atoms with Crippen molar-refractivity contribution in [2.75, 3.05) is 6.54 Å². The third-order valence-corrected chi connectivity index (χ3v) is 2.83. The van der Waals surface area contributed by atoms with E-state index in [9.17, 15) is 4.79 Å². The number of amides is 1. The Balaban J connectivity index is 1.57. The molecule has 0 bridgehead atoms. The summed E-state index contributed by atoms with van der Waals surface area (Å²) in [5.41, 5.74) is 1.09. The summed E-state index contributed by atoms with van der Waals surface area (Å²) in [5, 5.41) is 2.91. The summed E-state index contributed by atoms with van der Waals surface area (Å²) in [6, 6.07) is 3.87. The number of nitrogens with zero attached hydrogens (tertiary/aromatic N) is 2. The van der Waals surface area contributed by atoms with E-state index in [0.717, 1.165) is 30.7 Å². The molecule has 19 heavy (non-hydrogen) atoms. The molecule has 2 rings (SSSR count). The second-order valence-corrected chi connectivity index (χ2v) is 4.35. The maximum absolute atomic E-state index is 11.6. The first-order chi connectivity index (χ1) is 9.34. The fourth-order valence-electron chi connectivity index (χ4n) is 1.81. The number of aryl methyl sites for hydroxylation is 2. The minimum absolute atomic E-state index is 0.0864. The van der Waals surface area contributed by atoms with E-state index in [0.29, 0.717) is 13.0 Å². The molecule has 1 amide bonds. The van der Waals surface area contributed by atoms with Gasteiger partial charge in [0.25, 0.3) is 0 Å². The normalized spacial score (nSPS) is 10.3. The lowest BCUT2D eigenvalue weighted by molar-refractivity contribution is -0.121. The van der Waals surface area contributed by atoms with Crippen LogP contribution in [0, 0.1) is 0 Å². The molecule has 0 atom stereocenters. The summed E-state index contributed by atoms with van der Waals surface area (Å²) in [4.78, 5) is 22.8. The van der Waals surface area contributed by atoms with Gasteiger partial charge in [0.05, 0.1) is 0 Å². The van der Waals surface area contributed by atoms with Gasteiger partial charge in [-0.05, 0) is 24.5 Å². The van der Waals surface area contributed by atoms with Crippen LogP contribution in [0.15, 0.2) is 36.9 Å². The van der Waals surface area contributed by atoms with Crippen LogP contribution in [0.2, 0.25) is 0 Å². The van der Waals surface area contributed by atoms with Crippen LogP contribution in [0.4, 0.5) is 0 Å². The molecule has 0 radical (unpaired) electrons. The van der Waals surface area contributed by atoms with Gasteiger partial charge in [0.2, 0.25) is 5.91 Å². The molecular weight excluding hydrogens is 240 g/mol. The molecule has 0 aromatic carbocycles. The van der Waals surface area contributed by atoms with Crippen molar-refractivity contribution in [3.8, 4) is 0 Å². The minimum Gasteiger partial charge on any atom is -0.356 e. The highest BCUT2D eigenvalue weighted by atomic mass is 16.1. The van der Waals surface area contributed by atoms with Gasteiger partial charge < -0.3 is 10.3 Å². The molecule has 100 valence electrons. The molecule has 5 nitrogen and oxygen atoms in total. The van der Waals surface area contributed by atoms with E-state index in [1.54, 1.807) is 18.6 Å². The Bertz CT molecular complexity index is 481. The van der Waals surface area contributed by atoms with Crippen LogP contribution in [0.5, 0.6) is 0 Å². The topological polar surface area (TPSA) is 70.7 Å². The Morgan fingerprint density at radius 2 is 2.26 bits per heavy atom. The molecule has 5 heteroatoms. The third kappa shape index (κ3) is 4.91. The lowest BCUT2D eigenvalue weighted by Gasteiger charge is -2.04. The van der Waals surface area contributed by atoms with Crippen molar-refractivity contribution in [2.24, 2.45) is 0 Å². The molecule has 0 fully saturated rings. The number of H-pyrrole nitrogens is 1. The van der Waals surface area contributed by atoms with Gasteiger partial charge in [-0.1, -0.05) is 6.07 Å². The number of pyridine rings is 1. The first-order valence-electron chi connectivity index (χ1n) is 6.48. The number of hydrogen-bond acceptors (Lipinski definition) is 3. The van der Waals surface area contributed by atoms with Gasteiger partial charge in [-0.2, -0.15) is 0 Å². The summed E-state index contributed by atoms with van der Waals surface area (Å²) in [6.07, 6.45) is 10.1. The average molecular weight is 258 g/mol. The summed E-state index contributed by atoms with van der Waals surface area (Å²) >= 11 is 0. The Morgan fingerprint density at radius 1 is 1.32 bits per heavy atom. The SMILES string of the molecule is O=C(CCc1cccnc1)NCCCc1ncc[nH]1. The maximum atomic E-state index is 11.6. The van der Waals surface area contributed by atoms with E-state index in [2.05, 4.69) is 20.3 Å². The Morgan fingerprint density at radius 3 is 3.00 bits per heavy atom. The quantitative estimate of drug-likeness (QED) is 0.739. The van der Waals surface area contributed by atoms with Gasteiger partial charge in [-0.3, -0.25) is 9.78 Å². The van der Waals surface area contributed by atoms with Crippen molar-refractivity contribution in [3.05, 3.63) is 48.3 Å². The molecule has 2 aromatic heterocycles. The lowest BCUT2D eigenvalue weighted by Crippen LogP contribution is -2.25. The van der Waals surface area contributed by atoms with Crippen molar-refractivity contribution in [1.82, 2.24) is 20.3 Å². The summed E-state index contributed by atoms with van der Waals surface area (Å²) in [6.45, 7) is 0.687. The third-order valence-electron chi connectivity index (χ3n) is 2.83. The van der Waals surface area contributed by atoms with Crippen molar-refractivity contribution in [2.45, 2.75) is 25.7 Å². The van der Waals surface area contributed by atoms with Crippen molar-refractivity contribution < 1.29 is 4.79 Å². The fourth-order valence-corrected chi connectivity index (χ4v) is 1.81. The Hall–Kier alpha value is -2.17. The van der Waals surface area contributed by atoms with Gasteiger partial charge in [-0.15, -0.1) is 0 Å². The van der Waals surface area contributed by atoms with E-state index >= 15 is 0 Å². The van der Waals surface area contributed by atoms with Gasteiger partial charge in [0, 0.05) is 44.2 Å². The van der Waals surface area contributed by atoms with Crippen LogP contribution < -0.4 is 5.32 Å².